The van der Waals surface area contributed by atoms with E-state index in [9.17, 15) is 14.0 Å². The predicted octanol–water partition coefficient (Wildman–Crippen LogP) is 2.70. The number of benzene rings is 2. The zero-order valence-electron chi connectivity index (χ0n) is 16.5. The van der Waals surface area contributed by atoms with Gasteiger partial charge in [-0.2, -0.15) is 0 Å². The molecule has 1 fully saturated rings. The third-order valence-electron chi connectivity index (χ3n) is 5.65. The molecule has 154 valence electrons. The van der Waals surface area contributed by atoms with Crippen molar-refractivity contribution in [2.24, 2.45) is 5.92 Å². The standard InChI is InChI=1S/C22H21BClFN2O3/c23-16-10-14(9-12-7-8-30-20(12)16)21(28)27-18-6-2-4-15(18)22(29)26-11-13-3-1-5-17(24)19(13)25/h1,3,5,7-10,15,18H,2,4,6,11,23H2,(H,26,29)(H,27,28)/t15-,18-/m1/s1. The number of hydrogen-bond donors (Lipinski definition) is 2. The Morgan fingerprint density at radius 3 is 2.90 bits per heavy atom. The molecule has 1 saturated carbocycles. The Labute approximate surface area is 179 Å². The van der Waals surface area contributed by atoms with E-state index in [1.807, 2.05) is 13.9 Å². The molecule has 4 rings (SSSR count). The van der Waals surface area contributed by atoms with Gasteiger partial charge in [-0.15, -0.1) is 0 Å². The van der Waals surface area contributed by atoms with Crippen LogP contribution < -0.4 is 16.1 Å². The first-order valence-corrected chi connectivity index (χ1v) is 10.3. The van der Waals surface area contributed by atoms with Crippen molar-refractivity contribution in [3.05, 3.63) is 64.6 Å². The van der Waals surface area contributed by atoms with E-state index >= 15 is 0 Å². The molecule has 5 nitrogen and oxygen atoms in total. The highest BCUT2D eigenvalue weighted by atomic mass is 35.5. The van der Waals surface area contributed by atoms with Crippen LogP contribution in [-0.2, 0) is 11.3 Å². The summed E-state index contributed by atoms with van der Waals surface area (Å²) < 4.78 is 19.5. The number of carbonyl (C=O) groups is 2. The Kier molecular flexibility index (Phi) is 5.81. The molecule has 0 saturated heterocycles. The van der Waals surface area contributed by atoms with Gasteiger partial charge in [0.25, 0.3) is 5.91 Å². The lowest BCUT2D eigenvalue weighted by Gasteiger charge is -2.21. The molecule has 3 aromatic rings. The van der Waals surface area contributed by atoms with Crippen LogP contribution in [-0.4, -0.2) is 25.7 Å². The van der Waals surface area contributed by atoms with Gasteiger partial charge in [0.2, 0.25) is 5.91 Å². The molecule has 30 heavy (non-hydrogen) atoms. The predicted molar refractivity (Wildman–Crippen MR) is 116 cm³/mol. The lowest BCUT2D eigenvalue weighted by molar-refractivity contribution is -0.125. The number of fused-ring (bicyclic) bond motifs is 1. The van der Waals surface area contributed by atoms with Crippen LogP contribution in [0.4, 0.5) is 4.39 Å². The smallest absolute Gasteiger partial charge is 0.251 e. The molecule has 2 amide bonds. The Bertz CT molecular complexity index is 1120. The molecule has 0 aliphatic heterocycles. The van der Waals surface area contributed by atoms with Crippen LogP contribution in [0.1, 0.15) is 35.2 Å². The van der Waals surface area contributed by atoms with Crippen molar-refractivity contribution in [2.75, 3.05) is 0 Å². The minimum absolute atomic E-state index is 0.0256. The van der Waals surface area contributed by atoms with E-state index in [4.69, 9.17) is 16.0 Å². The van der Waals surface area contributed by atoms with Gasteiger partial charge in [0.1, 0.15) is 19.2 Å². The molecule has 1 aliphatic carbocycles. The van der Waals surface area contributed by atoms with E-state index in [-0.39, 0.29) is 35.3 Å². The van der Waals surface area contributed by atoms with Crippen molar-refractivity contribution in [1.29, 1.82) is 0 Å². The van der Waals surface area contributed by atoms with Crippen molar-refractivity contribution in [3.8, 4) is 0 Å². The maximum Gasteiger partial charge on any atom is 0.251 e. The highest BCUT2D eigenvalue weighted by molar-refractivity contribution is 6.38. The third-order valence-corrected chi connectivity index (χ3v) is 5.94. The van der Waals surface area contributed by atoms with Gasteiger partial charge in [-0.1, -0.05) is 36.2 Å². The Balaban J connectivity index is 1.41. The molecule has 0 bridgehead atoms. The molecule has 0 unspecified atom stereocenters. The van der Waals surface area contributed by atoms with Crippen LogP contribution in [0, 0.1) is 11.7 Å². The number of halogens is 2. The zero-order valence-corrected chi connectivity index (χ0v) is 17.3. The highest BCUT2D eigenvalue weighted by Gasteiger charge is 2.34. The second kappa shape index (κ2) is 8.52. The molecule has 2 atom stereocenters. The van der Waals surface area contributed by atoms with Crippen LogP contribution in [0.3, 0.4) is 0 Å². The van der Waals surface area contributed by atoms with Crippen LogP contribution in [0.25, 0.3) is 11.0 Å². The van der Waals surface area contributed by atoms with Gasteiger partial charge in [0.05, 0.1) is 17.2 Å². The first-order chi connectivity index (χ1) is 14.4. The second-order valence-corrected chi connectivity index (χ2v) is 8.09. The van der Waals surface area contributed by atoms with Crippen LogP contribution >= 0.6 is 11.6 Å². The monoisotopic (exact) mass is 426 g/mol. The largest absolute Gasteiger partial charge is 0.465 e. The summed E-state index contributed by atoms with van der Waals surface area (Å²) in [5, 5.41) is 6.67. The Morgan fingerprint density at radius 2 is 2.07 bits per heavy atom. The fourth-order valence-electron chi connectivity index (χ4n) is 4.09. The molecular weight excluding hydrogens is 406 g/mol. The number of rotatable bonds is 5. The summed E-state index contributed by atoms with van der Waals surface area (Å²) in [5.41, 5.74) is 2.51. The average molecular weight is 427 g/mol. The van der Waals surface area contributed by atoms with E-state index in [1.165, 1.54) is 6.07 Å². The maximum atomic E-state index is 14.0. The lowest BCUT2D eigenvalue weighted by atomic mass is 9.92. The van der Waals surface area contributed by atoms with E-state index < -0.39 is 5.82 Å². The van der Waals surface area contributed by atoms with E-state index in [0.29, 0.717) is 17.5 Å². The van der Waals surface area contributed by atoms with Crippen LogP contribution in [0.15, 0.2) is 47.1 Å². The van der Waals surface area contributed by atoms with Gasteiger partial charge in [0, 0.05) is 29.1 Å². The SMILES string of the molecule is Bc1cc(C(=O)N[C@@H]2CCC[C@H]2C(=O)NCc2cccc(Cl)c2F)cc2ccoc12. The second-order valence-electron chi connectivity index (χ2n) is 7.68. The highest BCUT2D eigenvalue weighted by Crippen LogP contribution is 2.27. The summed E-state index contributed by atoms with van der Waals surface area (Å²) in [7, 11) is 1.89. The van der Waals surface area contributed by atoms with Gasteiger partial charge in [-0.3, -0.25) is 9.59 Å². The van der Waals surface area contributed by atoms with Gasteiger partial charge in [0.15, 0.2) is 0 Å². The minimum atomic E-state index is -0.527. The topological polar surface area (TPSA) is 71.3 Å². The number of nitrogens with one attached hydrogen (secondary N) is 2. The summed E-state index contributed by atoms with van der Waals surface area (Å²) in [5.74, 6) is -1.29. The average Bonchev–Trinajstić information content (AvgIpc) is 3.38. The van der Waals surface area contributed by atoms with Gasteiger partial charge in [-0.25, -0.2) is 4.39 Å². The summed E-state index contributed by atoms with van der Waals surface area (Å²) in [4.78, 5) is 25.5. The number of carbonyl (C=O) groups excluding carboxylic acids is 2. The van der Waals surface area contributed by atoms with Crippen molar-refractivity contribution >= 4 is 47.7 Å². The quantitative estimate of drug-likeness (QED) is 0.616. The number of furan rings is 1. The van der Waals surface area contributed by atoms with E-state index in [1.54, 1.807) is 30.5 Å². The van der Waals surface area contributed by atoms with Crippen LogP contribution in [0.5, 0.6) is 0 Å². The number of amides is 2. The molecule has 0 radical (unpaired) electrons. The van der Waals surface area contributed by atoms with Gasteiger partial charge in [-0.05, 0) is 36.5 Å². The Hall–Kier alpha value is -2.80. The molecule has 8 heteroatoms. The van der Waals surface area contributed by atoms with Crippen molar-refractivity contribution in [3.63, 3.8) is 0 Å². The normalized spacial score (nSPS) is 18.5. The number of hydrogen-bond acceptors (Lipinski definition) is 3. The first-order valence-electron chi connectivity index (χ1n) is 9.93. The van der Waals surface area contributed by atoms with E-state index in [2.05, 4.69) is 10.6 Å². The van der Waals surface area contributed by atoms with Crippen molar-refractivity contribution in [1.82, 2.24) is 10.6 Å². The summed E-state index contributed by atoms with van der Waals surface area (Å²) in [6, 6.07) is 9.82. The Morgan fingerprint density at radius 1 is 1.23 bits per heavy atom. The summed E-state index contributed by atoms with van der Waals surface area (Å²) >= 11 is 5.79. The molecule has 0 spiro atoms. The van der Waals surface area contributed by atoms with E-state index in [0.717, 1.165) is 29.3 Å². The van der Waals surface area contributed by atoms with Gasteiger partial charge < -0.3 is 15.1 Å². The third kappa shape index (κ3) is 4.07. The fourth-order valence-corrected chi connectivity index (χ4v) is 4.28. The molecular formula is C22H21BClFN2O3. The van der Waals surface area contributed by atoms with Crippen molar-refractivity contribution in [2.45, 2.75) is 31.8 Å². The minimum Gasteiger partial charge on any atom is -0.465 e. The van der Waals surface area contributed by atoms with Crippen molar-refractivity contribution < 1.29 is 18.4 Å². The summed E-state index contributed by atoms with van der Waals surface area (Å²) in [6.07, 6.45) is 3.84. The molecule has 1 aromatic heterocycles. The summed E-state index contributed by atoms with van der Waals surface area (Å²) in [6.45, 7) is 0.0543. The maximum absolute atomic E-state index is 14.0. The lowest BCUT2D eigenvalue weighted by Crippen LogP contribution is -2.44. The molecule has 2 aromatic carbocycles. The molecule has 2 N–H and O–H groups in total. The zero-order chi connectivity index (χ0) is 21.3. The fraction of sp³-hybridized carbons (Fsp3) is 0.273. The molecule has 1 aliphatic rings. The molecule has 1 heterocycles. The first kappa shape index (κ1) is 20.5. The van der Waals surface area contributed by atoms with Gasteiger partial charge >= 0.3 is 0 Å². The van der Waals surface area contributed by atoms with Crippen LogP contribution in [0.2, 0.25) is 5.02 Å².